The minimum Gasteiger partial charge on any atom is -0.406 e. The summed E-state index contributed by atoms with van der Waals surface area (Å²) >= 11 is 7.80. The number of aryl methyl sites for hydroxylation is 1. The molecule has 0 saturated carbocycles. The summed E-state index contributed by atoms with van der Waals surface area (Å²) in [5.74, 6) is 1.02. The Morgan fingerprint density at radius 2 is 1.79 bits per heavy atom. The molecule has 0 bridgehead atoms. The van der Waals surface area contributed by atoms with Crippen molar-refractivity contribution in [2.24, 2.45) is 18.9 Å². The van der Waals surface area contributed by atoms with E-state index in [9.17, 15) is 13.2 Å². The number of tetrazole rings is 1. The highest BCUT2D eigenvalue weighted by atomic mass is 35.5. The van der Waals surface area contributed by atoms with Crippen LogP contribution >= 0.6 is 22.9 Å². The van der Waals surface area contributed by atoms with Crippen LogP contribution in [-0.4, -0.2) is 63.9 Å². The van der Waals surface area contributed by atoms with Crippen molar-refractivity contribution in [3.63, 3.8) is 0 Å². The quantitative estimate of drug-likeness (QED) is 0.518. The largest absolute Gasteiger partial charge is 0.573 e. The second-order valence-corrected chi connectivity index (χ2v) is 9.10. The van der Waals surface area contributed by atoms with Gasteiger partial charge in [0.1, 0.15) is 5.75 Å². The summed E-state index contributed by atoms with van der Waals surface area (Å²) in [6.45, 7) is 3.05. The average molecular weight is 516 g/mol. The van der Waals surface area contributed by atoms with Gasteiger partial charge in [-0.1, -0.05) is 22.9 Å². The predicted octanol–water partition coefficient (Wildman–Crippen LogP) is 2.87. The second kappa shape index (κ2) is 9.57. The molecule has 2 atom stereocenters. The van der Waals surface area contributed by atoms with E-state index in [-0.39, 0.29) is 11.9 Å². The van der Waals surface area contributed by atoms with Crippen LogP contribution in [0.3, 0.4) is 0 Å². The van der Waals surface area contributed by atoms with Gasteiger partial charge in [0, 0.05) is 44.1 Å². The first kappa shape index (κ1) is 23.9. The predicted molar refractivity (Wildman–Crippen MR) is 114 cm³/mol. The molecule has 4 heterocycles. The van der Waals surface area contributed by atoms with Crippen LogP contribution in [-0.2, 0) is 16.6 Å². The molecule has 2 aliphatic rings. The first-order valence-electron chi connectivity index (χ1n) is 9.91. The van der Waals surface area contributed by atoms with Gasteiger partial charge in [0.15, 0.2) is 5.13 Å². The van der Waals surface area contributed by atoms with E-state index in [2.05, 4.69) is 30.0 Å². The van der Waals surface area contributed by atoms with Gasteiger partial charge in [-0.15, -0.1) is 23.4 Å². The van der Waals surface area contributed by atoms with Crippen molar-refractivity contribution in [1.82, 2.24) is 25.2 Å². The zero-order valence-corrected chi connectivity index (χ0v) is 19.1. The van der Waals surface area contributed by atoms with Crippen LogP contribution in [0.2, 0.25) is 5.02 Å². The lowest BCUT2D eigenvalue weighted by atomic mass is 10.0. The number of rotatable bonds is 4. The van der Waals surface area contributed by atoms with Crippen LogP contribution in [0.4, 0.5) is 24.0 Å². The van der Waals surface area contributed by atoms with E-state index in [1.165, 1.54) is 34.3 Å². The number of aromatic nitrogens is 5. The third kappa shape index (κ3) is 5.29. The molecule has 2 saturated heterocycles. The van der Waals surface area contributed by atoms with E-state index in [0.717, 1.165) is 23.1 Å². The van der Waals surface area contributed by atoms with E-state index in [1.807, 2.05) is 4.90 Å². The van der Waals surface area contributed by atoms with E-state index in [4.69, 9.17) is 21.2 Å². The first-order valence-corrected chi connectivity index (χ1v) is 11.1. The number of benzene rings is 1. The standard InChI is InChI=1S/C18H17ClF3N7OS.CO2/c1-27-25-16(24-26-27)15-5-23-17(31-15)29-8-10-6-28(7-11(10)9-29)14-4-12(2-3-13(14)19)30-18(20,21)22;2-1-3/h2-5,10-11H,6-9H2,1H3;. The molecule has 2 aliphatic heterocycles. The number of hydrogen-bond donors (Lipinski definition) is 0. The molecule has 0 amide bonds. The molecule has 1 aromatic carbocycles. The summed E-state index contributed by atoms with van der Waals surface area (Å²) in [5.41, 5.74) is 0.564. The molecule has 5 rings (SSSR count). The van der Waals surface area contributed by atoms with Gasteiger partial charge in [-0.3, -0.25) is 0 Å². The van der Waals surface area contributed by atoms with Crippen LogP contribution in [0.1, 0.15) is 0 Å². The maximum Gasteiger partial charge on any atom is 0.573 e. The molecule has 180 valence electrons. The summed E-state index contributed by atoms with van der Waals surface area (Å²) in [7, 11) is 1.71. The number of hydrogen-bond acceptors (Lipinski definition) is 10. The number of anilines is 2. The Bertz CT molecular complexity index is 1180. The Balaban J connectivity index is 0.000000868. The van der Waals surface area contributed by atoms with Crippen molar-refractivity contribution in [3.05, 3.63) is 29.4 Å². The Morgan fingerprint density at radius 3 is 2.38 bits per heavy atom. The number of nitrogens with zero attached hydrogens (tertiary/aromatic N) is 7. The monoisotopic (exact) mass is 515 g/mol. The van der Waals surface area contributed by atoms with Gasteiger partial charge in [-0.25, -0.2) is 4.98 Å². The van der Waals surface area contributed by atoms with Crippen LogP contribution in [0.15, 0.2) is 24.4 Å². The maximum absolute atomic E-state index is 12.6. The molecule has 2 aromatic heterocycles. The van der Waals surface area contributed by atoms with Gasteiger partial charge in [0.2, 0.25) is 5.82 Å². The van der Waals surface area contributed by atoms with Crippen LogP contribution in [0.25, 0.3) is 10.7 Å². The normalized spacial score (nSPS) is 19.4. The molecule has 0 N–H and O–H groups in total. The number of carbonyl (C=O) groups excluding carboxylic acids is 2. The zero-order chi connectivity index (χ0) is 24.5. The Kier molecular flexibility index (Phi) is 6.73. The SMILES string of the molecule is Cn1nnc(-c2cnc(N3CC4CN(c5cc(OC(F)(F)F)ccc5Cl)CC4C3)s2)n1.O=C=O. The van der Waals surface area contributed by atoms with Gasteiger partial charge in [-0.2, -0.15) is 14.4 Å². The van der Waals surface area contributed by atoms with Gasteiger partial charge >= 0.3 is 12.5 Å². The fourth-order valence-corrected chi connectivity index (χ4v) is 5.27. The van der Waals surface area contributed by atoms with Crippen molar-refractivity contribution in [2.75, 3.05) is 36.0 Å². The van der Waals surface area contributed by atoms with Gasteiger partial charge in [0.25, 0.3) is 0 Å². The molecular weight excluding hydrogens is 499 g/mol. The molecule has 0 aliphatic carbocycles. The third-order valence-electron chi connectivity index (χ3n) is 5.47. The topological polar surface area (TPSA) is 106 Å². The lowest BCUT2D eigenvalue weighted by Gasteiger charge is -2.24. The van der Waals surface area contributed by atoms with Crippen molar-refractivity contribution < 1.29 is 27.5 Å². The van der Waals surface area contributed by atoms with Crippen molar-refractivity contribution in [3.8, 4) is 16.5 Å². The highest BCUT2D eigenvalue weighted by molar-refractivity contribution is 7.18. The number of fused-ring (bicyclic) bond motifs is 1. The van der Waals surface area contributed by atoms with Crippen molar-refractivity contribution >= 4 is 39.9 Å². The molecule has 2 unspecified atom stereocenters. The highest BCUT2D eigenvalue weighted by Gasteiger charge is 2.41. The molecule has 0 spiro atoms. The van der Waals surface area contributed by atoms with E-state index in [0.29, 0.717) is 41.5 Å². The summed E-state index contributed by atoms with van der Waals surface area (Å²) in [6.07, 6.45) is -2.73. The molecule has 0 radical (unpaired) electrons. The fraction of sp³-hybridized carbons (Fsp3) is 0.421. The average Bonchev–Trinajstić information content (AvgIpc) is 3.51. The van der Waals surface area contributed by atoms with Crippen LogP contribution in [0, 0.1) is 11.8 Å². The molecule has 15 heteroatoms. The smallest absolute Gasteiger partial charge is 0.406 e. The molecular formula is C19H17ClF3N7O3S. The highest BCUT2D eigenvalue weighted by Crippen LogP contribution is 2.41. The summed E-state index contributed by atoms with van der Waals surface area (Å²) in [5, 5.41) is 13.4. The lowest BCUT2D eigenvalue weighted by Crippen LogP contribution is -2.28. The number of alkyl halides is 3. The van der Waals surface area contributed by atoms with Crippen molar-refractivity contribution in [2.45, 2.75) is 6.36 Å². The Hall–Kier alpha value is -3.22. The minimum absolute atomic E-state index is 0.250. The minimum atomic E-state index is -4.74. The van der Waals surface area contributed by atoms with E-state index in [1.54, 1.807) is 13.2 Å². The maximum atomic E-state index is 12.6. The van der Waals surface area contributed by atoms with Gasteiger partial charge in [-0.05, 0) is 17.3 Å². The molecule has 10 nitrogen and oxygen atoms in total. The lowest BCUT2D eigenvalue weighted by molar-refractivity contribution is -0.274. The summed E-state index contributed by atoms with van der Waals surface area (Å²) in [4.78, 5) is 27.3. The number of halogens is 4. The molecule has 34 heavy (non-hydrogen) atoms. The van der Waals surface area contributed by atoms with E-state index >= 15 is 0 Å². The van der Waals surface area contributed by atoms with Gasteiger partial charge in [0.05, 0.1) is 28.8 Å². The summed E-state index contributed by atoms with van der Waals surface area (Å²) in [6, 6.07) is 4.02. The first-order chi connectivity index (χ1) is 16.2. The molecule has 2 fully saturated rings. The second-order valence-electron chi connectivity index (χ2n) is 7.68. The summed E-state index contributed by atoms with van der Waals surface area (Å²) < 4.78 is 41.7. The Labute approximate surface area is 199 Å². The molecule has 3 aromatic rings. The third-order valence-corrected chi connectivity index (χ3v) is 6.84. The zero-order valence-electron chi connectivity index (χ0n) is 17.6. The number of thiazole rings is 1. The van der Waals surface area contributed by atoms with Gasteiger partial charge < -0.3 is 14.5 Å². The van der Waals surface area contributed by atoms with Crippen molar-refractivity contribution in [1.29, 1.82) is 0 Å². The van der Waals surface area contributed by atoms with Crippen LogP contribution < -0.4 is 14.5 Å². The van der Waals surface area contributed by atoms with E-state index < -0.39 is 6.36 Å². The number of ether oxygens (including phenoxy) is 1. The Morgan fingerprint density at radius 1 is 1.15 bits per heavy atom. The fourth-order valence-electron chi connectivity index (χ4n) is 4.18. The van der Waals surface area contributed by atoms with Crippen LogP contribution in [0.5, 0.6) is 5.75 Å².